The second-order valence-corrected chi connectivity index (χ2v) is 16.6. The number of aryl methyl sites for hydroxylation is 1. The van der Waals surface area contributed by atoms with E-state index in [2.05, 4.69) is 38.5 Å². The van der Waals surface area contributed by atoms with Crippen molar-refractivity contribution < 1.29 is 93.9 Å². The van der Waals surface area contributed by atoms with Gasteiger partial charge in [0.2, 0.25) is 23.5 Å². The van der Waals surface area contributed by atoms with Gasteiger partial charge in [0.15, 0.2) is 12.7 Å². The molecular weight excluding hydrogens is 856 g/mol. The third-order valence-electron chi connectivity index (χ3n) is 8.68. The highest BCUT2D eigenvalue weighted by Crippen LogP contribution is 2.48. The zero-order valence-electron chi connectivity index (χ0n) is 29.7. The molecule has 4 aromatic heterocycles. The summed E-state index contributed by atoms with van der Waals surface area (Å²) in [5, 5.41) is 32.0. The van der Waals surface area contributed by atoms with E-state index in [1.807, 2.05) is 0 Å². The van der Waals surface area contributed by atoms with E-state index in [1.165, 1.54) is 35.9 Å². The molecule has 0 bridgehead atoms. The smallest absolute Gasteiger partial charge is 0.510 e. The topological polar surface area (TPSA) is 424 Å². The number of anilines is 2. The van der Waals surface area contributed by atoms with Crippen molar-refractivity contribution in [1.29, 1.82) is 0 Å². The molecule has 33 heteroatoms. The number of nitrogens with one attached hydrogen (secondary N) is 3. The number of aromatic amines is 3. The monoisotopic (exact) mass is 892 g/mol. The van der Waals surface area contributed by atoms with Crippen molar-refractivity contribution in [1.82, 2.24) is 29.5 Å². The number of aliphatic hydroxyl groups excluding tert-OH is 3. The van der Waals surface area contributed by atoms with E-state index in [0.717, 1.165) is 4.57 Å². The number of fused-ring (bicyclic) bond motifs is 2. The lowest BCUT2D eigenvalue weighted by Crippen LogP contribution is -2.46. The summed E-state index contributed by atoms with van der Waals surface area (Å²) in [5.41, 5.74) is 9.92. The Bertz CT molecular complexity index is 2410. The molecule has 6 heterocycles. The molecule has 58 heavy (non-hydrogen) atoms. The number of phosphoric acid groups is 2. The van der Waals surface area contributed by atoms with Gasteiger partial charge in [-0.2, -0.15) is 0 Å². The Morgan fingerprint density at radius 1 is 0.897 bits per heavy atom. The van der Waals surface area contributed by atoms with E-state index >= 15 is 0 Å². The third kappa shape index (κ3) is 9.53. The minimum atomic E-state index is -5.95. The zero-order chi connectivity index (χ0) is 42.5. The number of aromatic nitrogens is 8. The van der Waals surface area contributed by atoms with Gasteiger partial charge in [-0.15, -0.1) is 4.20 Å². The SMILES string of the molecule is CO[C@@H]1[C@H](O)[C@@H](COP(=O)([O-])OCC(COP(=O)([O-])OC[C@H]2O[C@@H]([n+]3cn(C)c4c(=O)[nH]c(N)nc43)[C@H](O)[C@@H]2O)OP(=O)(O)F)O[C@H]1[n+]1c[nH]c2c(=O)[nH]c(N)nc21. The Labute approximate surface area is 321 Å². The van der Waals surface area contributed by atoms with Gasteiger partial charge in [-0.3, -0.25) is 47.7 Å². The second-order valence-electron chi connectivity index (χ2n) is 12.6. The lowest BCUT2D eigenvalue weighted by molar-refractivity contribution is -0.746. The molecule has 0 amide bonds. The van der Waals surface area contributed by atoms with Crippen molar-refractivity contribution >= 4 is 57.8 Å². The van der Waals surface area contributed by atoms with Crippen LogP contribution in [0.4, 0.5) is 16.1 Å². The van der Waals surface area contributed by atoms with Crippen LogP contribution in [0.3, 0.4) is 0 Å². The van der Waals surface area contributed by atoms with Crippen LogP contribution in [-0.2, 0) is 57.6 Å². The number of nitrogens with two attached hydrogens (primary N) is 2. The van der Waals surface area contributed by atoms with E-state index in [0.29, 0.717) is 0 Å². The number of halogens is 1. The molecule has 2 saturated heterocycles. The average molecular weight is 893 g/mol. The number of phosphoric ester groups is 2. The van der Waals surface area contributed by atoms with E-state index in [9.17, 15) is 52.6 Å². The van der Waals surface area contributed by atoms with E-state index < -0.39 is 116 Å². The first-order chi connectivity index (χ1) is 27.1. The molecule has 0 aliphatic carbocycles. The predicted octanol–water partition coefficient (Wildman–Crippen LogP) is -5.38. The first kappa shape index (κ1) is 43.9. The summed E-state index contributed by atoms with van der Waals surface area (Å²) in [7, 11) is -14.3. The number of methoxy groups -OCH3 is 1. The Morgan fingerprint density at radius 3 is 2.03 bits per heavy atom. The predicted molar refractivity (Wildman–Crippen MR) is 179 cm³/mol. The molecule has 322 valence electrons. The molecule has 4 aromatic rings. The van der Waals surface area contributed by atoms with Crippen LogP contribution in [0.25, 0.3) is 22.3 Å². The minimum absolute atomic E-state index is 0.00748. The van der Waals surface area contributed by atoms with Crippen LogP contribution in [0.15, 0.2) is 22.2 Å². The number of nitrogen functional groups attached to an aromatic ring is 2. The third-order valence-corrected chi connectivity index (χ3v) is 11.1. The molecule has 29 nitrogen and oxygen atoms in total. The van der Waals surface area contributed by atoms with Gasteiger partial charge in [0.25, 0.3) is 38.7 Å². The maximum atomic E-state index is 13.6. The number of H-pyrrole nitrogens is 3. The highest BCUT2D eigenvalue weighted by molar-refractivity contribution is 7.47. The van der Waals surface area contributed by atoms with E-state index in [-0.39, 0.29) is 34.2 Å². The van der Waals surface area contributed by atoms with Crippen molar-refractivity contribution in [3.8, 4) is 0 Å². The zero-order valence-corrected chi connectivity index (χ0v) is 32.4. The van der Waals surface area contributed by atoms with E-state index in [4.69, 9.17) is 39.6 Å². The summed E-state index contributed by atoms with van der Waals surface area (Å²) < 4.78 is 93.3. The first-order valence-electron chi connectivity index (χ1n) is 16.4. The van der Waals surface area contributed by atoms with Gasteiger partial charge in [0.05, 0.1) is 33.5 Å². The van der Waals surface area contributed by atoms with Crippen LogP contribution in [0.1, 0.15) is 12.5 Å². The van der Waals surface area contributed by atoms with Crippen molar-refractivity contribution in [3.63, 3.8) is 0 Å². The molecule has 0 spiro atoms. The molecule has 11 N–H and O–H groups in total. The molecule has 4 unspecified atom stereocenters. The molecule has 2 aliphatic heterocycles. The number of hydrogen-bond acceptors (Lipinski definition) is 22. The average Bonchev–Trinajstić information content (AvgIpc) is 3.86. The van der Waals surface area contributed by atoms with Crippen LogP contribution in [0.5, 0.6) is 0 Å². The molecule has 0 radical (unpaired) electrons. The summed E-state index contributed by atoms with van der Waals surface area (Å²) in [6.07, 6.45) is -11.6. The molecule has 0 aromatic carbocycles. The Kier molecular flexibility index (Phi) is 12.7. The fourth-order valence-electron chi connectivity index (χ4n) is 6.12. The van der Waals surface area contributed by atoms with Crippen LogP contribution in [0, 0.1) is 0 Å². The molecule has 6 rings (SSSR count). The van der Waals surface area contributed by atoms with Crippen molar-refractivity contribution in [3.05, 3.63) is 33.4 Å². The number of nitrogens with zero attached hydrogens (tertiary/aromatic N) is 5. The summed E-state index contributed by atoms with van der Waals surface area (Å²) in [4.78, 5) is 74.1. The summed E-state index contributed by atoms with van der Waals surface area (Å²) in [5.74, 6) is -0.527. The normalized spacial score (nSPS) is 28.8. The van der Waals surface area contributed by atoms with Gasteiger partial charge in [0.1, 0.15) is 42.7 Å². The maximum absolute atomic E-state index is 13.6. The van der Waals surface area contributed by atoms with Gasteiger partial charge in [0, 0.05) is 7.11 Å². The quantitative estimate of drug-likeness (QED) is 0.0353. The number of imidazole rings is 2. The molecule has 2 aliphatic rings. The summed E-state index contributed by atoms with van der Waals surface area (Å²) >= 11 is 0. The molecule has 2 fully saturated rings. The first-order valence-corrected chi connectivity index (χ1v) is 20.8. The van der Waals surface area contributed by atoms with Crippen molar-refractivity contribution in [2.45, 2.75) is 55.2 Å². The van der Waals surface area contributed by atoms with Crippen LogP contribution < -0.4 is 41.5 Å². The molecule has 0 saturated carbocycles. The number of ether oxygens (including phenoxy) is 3. The standard InChI is InChI=1S/C25H36FN10O19P3/c1-34-8-36(19-13(34)21(41)33-25(28)31-19)22-16(39)14(37)10(53-22)5-51-57(44,45)49-3-9(55-56(26,42)43)4-50-58(46,47)52-6-11-15(38)17(48-2)23(54-11)35-7-29-12-18(35)30-24(27)32-20(12)40/h7-11,14-17,22-23,37-39H,3-6H2,1-2H3,(H8-,27,28,30,31,32,33,40,41,42,43,44,45,46,47)/t9?,10-,11-,14-,15-,16-,17-,22-,23-/m1/s1. The summed E-state index contributed by atoms with van der Waals surface area (Å²) in [6.45, 7) is -4.70. The number of rotatable bonds is 17. The Balaban J connectivity index is 1.03. The Morgan fingerprint density at radius 2 is 1.45 bits per heavy atom. The van der Waals surface area contributed by atoms with Crippen LogP contribution in [-0.4, -0.2) is 126 Å². The van der Waals surface area contributed by atoms with Gasteiger partial charge in [-0.25, -0.2) is 13.7 Å². The van der Waals surface area contributed by atoms with Gasteiger partial charge < -0.3 is 68.9 Å². The molecule has 12 atom stereocenters. The lowest BCUT2D eigenvalue weighted by Gasteiger charge is -2.29. The Hall–Kier alpha value is -3.64. The van der Waals surface area contributed by atoms with Gasteiger partial charge >= 0.3 is 19.2 Å². The summed E-state index contributed by atoms with van der Waals surface area (Å²) in [6, 6.07) is 0. The number of hydrogen-bond donors (Lipinski definition) is 9. The fraction of sp³-hybridized carbons (Fsp3) is 0.600. The maximum Gasteiger partial charge on any atom is 0.510 e. The minimum Gasteiger partial charge on any atom is -0.756 e. The van der Waals surface area contributed by atoms with Gasteiger partial charge in [-0.05, 0) is 0 Å². The molecular formula is C25H36FN10O19P3. The largest absolute Gasteiger partial charge is 0.756 e. The number of aliphatic hydroxyl groups is 3. The van der Waals surface area contributed by atoms with Crippen molar-refractivity contribution in [2.24, 2.45) is 7.05 Å². The van der Waals surface area contributed by atoms with Crippen LogP contribution in [0.2, 0.25) is 0 Å². The van der Waals surface area contributed by atoms with E-state index in [1.54, 1.807) is 0 Å². The highest BCUT2D eigenvalue weighted by Gasteiger charge is 2.49. The fourth-order valence-corrected chi connectivity index (χ4v) is 8.11. The van der Waals surface area contributed by atoms with Gasteiger partial charge in [-0.1, -0.05) is 9.97 Å². The highest BCUT2D eigenvalue weighted by atomic mass is 31.2. The second kappa shape index (κ2) is 16.8. The van der Waals surface area contributed by atoms with Crippen LogP contribution >= 0.6 is 23.6 Å². The van der Waals surface area contributed by atoms with Crippen molar-refractivity contribution in [2.75, 3.05) is 45.0 Å². The lowest BCUT2D eigenvalue weighted by atomic mass is 10.1.